The van der Waals surface area contributed by atoms with Crippen molar-refractivity contribution in [3.05, 3.63) is 0 Å². The quantitative estimate of drug-likeness (QED) is 0.666. The zero-order chi connectivity index (χ0) is 13.5. The van der Waals surface area contributed by atoms with Gasteiger partial charge in [0.15, 0.2) is 0 Å². The lowest BCUT2D eigenvalue weighted by Crippen LogP contribution is -2.49. The molecule has 1 aliphatic rings. The highest BCUT2D eigenvalue weighted by Gasteiger charge is 2.23. The lowest BCUT2D eigenvalue weighted by atomic mass is 9.84. The van der Waals surface area contributed by atoms with Gasteiger partial charge >= 0.3 is 5.97 Å². The standard InChI is InChI=1S/C13H24N2O3/c1-9(11-6-4-3-5-7-11)14-8-12(13(17)18)15-10(2)16/h9,11-12,14H,3-8H2,1-2H3,(H,15,16)(H,17,18). The number of nitrogens with one attached hydrogen (secondary N) is 2. The molecule has 1 fully saturated rings. The third-order valence-electron chi connectivity index (χ3n) is 3.68. The monoisotopic (exact) mass is 256 g/mol. The van der Waals surface area contributed by atoms with Crippen molar-refractivity contribution in [2.45, 2.75) is 58.0 Å². The average molecular weight is 256 g/mol. The largest absolute Gasteiger partial charge is 0.480 e. The summed E-state index contributed by atoms with van der Waals surface area (Å²) in [5.41, 5.74) is 0. The van der Waals surface area contributed by atoms with E-state index in [1.54, 1.807) is 0 Å². The molecule has 1 saturated carbocycles. The average Bonchev–Trinajstić information content (AvgIpc) is 2.34. The van der Waals surface area contributed by atoms with Crippen LogP contribution < -0.4 is 10.6 Å². The van der Waals surface area contributed by atoms with Gasteiger partial charge < -0.3 is 15.7 Å². The van der Waals surface area contributed by atoms with Gasteiger partial charge in [0.05, 0.1) is 0 Å². The van der Waals surface area contributed by atoms with Crippen molar-refractivity contribution >= 4 is 11.9 Å². The number of rotatable bonds is 6. The van der Waals surface area contributed by atoms with Gasteiger partial charge in [0, 0.05) is 19.5 Å². The molecule has 0 radical (unpaired) electrons. The molecule has 1 rings (SSSR count). The first-order valence-corrected chi connectivity index (χ1v) is 6.74. The molecule has 0 bridgehead atoms. The molecule has 2 atom stereocenters. The first-order valence-electron chi connectivity index (χ1n) is 6.74. The van der Waals surface area contributed by atoms with E-state index in [2.05, 4.69) is 17.6 Å². The van der Waals surface area contributed by atoms with E-state index in [1.165, 1.54) is 39.0 Å². The summed E-state index contributed by atoms with van der Waals surface area (Å²) in [6.45, 7) is 3.72. The van der Waals surface area contributed by atoms with Crippen molar-refractivity contribution in [1.29, 1.82) is 0 Å². The van der Waals surface area contributed by atoms with E-state index >= 15 is 0 Å². The second kappa shape index (κ2) is 7.36. The number of carboxylic acids is 1. The lowest BCUT2D eigenvalue weighted by molar-refractivity contribution is -0.141. The third kappa shape index (κ3) is 5.04. The Kier molecular flexibility index (Phi) is 6.12. The minimum atomic E-state index is -0.992. The van der Waals surface area contributed by atoms with Crippen LogP contribution in [0, 0.1) is 5.92 Å². The molecular weight excluding hydrogens is 232 g/mol. The van der Waals surface area contributed by atoms with Crippen LogP contribution in [-0.2, 0) is 9.59 Å². The van der Waals surface area contributed by atoms with E-state index in [4.69, 9.17) is 5.11 Å². The molecule has 0 spiro atoms. The summed E-state index contributed by atoms with van der Waals surface area (Å²) in [6, 6.07) is -0.533. The Morgan fingerprint density at radius 3 is 2.39 bits per heavy atom. The van der Waals surface area contributed by atoms with Crippen LogP contribution in [0.25, 0.3) is 0 Å². The minimum Gasteiger partial charge on any atom is -0.480 e. The molecular formula is C13H24N2O3. The highest BCUT2D eigenvalue weighted by molar-refractivity contribution is 5.82. The molecule has 104 valence electrons. The van der Waals surface area contributed by atoms with Gasteiger partial charge in [-0.1, -0.05) is 19.3 Å². The highest BCUT2D eigenvalue weighted by atomic mass is 16.4. The molecule has 0 aromatic rings. The van der Waals surface area contributed by atoms with Crippen LogP contribution in [0.3, 0.4) is 0 Å². The Morgan fingerprint density at radius 1 is 1.28 bits per heavy atom. The predicted molar refractivity (Wildman–Crippen MR) is 69.3 cm³/mol. The molecule has 0 aliphatic heterocycles. The number of hydrogen-bond donors (Lipinski definition) is 3. The Balaban J connectivity index is 2.35. The van der Waals surface area contributed by atoms with Crippen LogP contribution >= 0.6 is 0 Å². The first-order chi connectivity index (χ1) is 8.50. The van der Waals surface area contributed by atoms with Crippen molar-refractivity contribution in [2.75, 3.05) is 6.54 Å². The first kappa shape index (κ1) is 15.0. The van der Waals surface area contributed by atoms with Crippen molar-refractivity contribution in [1.82, 2.24) is 10.6 Å². The Hall–Kier alpha value is -1.10. The van der Waals surface area contributed by atoms with Crippen LogP contribution in [0.1, 0.15) is 46.0 Å². The second-order valence-corrected chi connectivity index (χ2v) is 5.19. The van der Waals surface area contributed by atoms with E-state index in [1.807, 2.05) is 0 Å². The smallest absolute Gasteiger partial charge is 0.327 e. The SMILES string of the molecule is CC(=O)NC(CNC(C)C1CCCCC1)C(=O)O. The van der Waals surface area contributed by atoms with Gasteiger partial charge in [-0.05, 0) is 25.7 Å². The summed E-state index contributed by atoms with van der Waals surface area (Å²) in [5.74, 6) is -0.673. The Morgan fingerprint density at radius 2 is 1.89 bits per heavy atom. The summed E-state index contributed by atoms with van der Waals surface area (Å²) < 4.78 is 0. The fourth-order valence-electron chi connectivity index (χ4n) is 2.55. The molecule has 0 aromatic carbocycles. The summed E-state index contributed by atoms with van der Waals surface area (Å²) in [6.07, 6.45) is 6.28. The maximum atomic E-state index is 11.0. The van der Waals surface area contributed by atoms with Gasteiger partial charge in [0.2, 0.25) is 5.91 Å². The van der Waals surface area contributed by atoms with Crippen molar-refractivity contribution < 1.29 is 14.7 Å². The minimum absolute atomic E-state index is 0.284. The van der Waals surface area contributed by atoms with Gasteiger partial charge in [-0.2, -0.15) is 0 Å². The van der Waals surface area contributed by atoms with E-state index in [0.29, 0.717) is 12.0 Å². The zero-order valence-electron chi connectivity index (χ0n) is 11.2. The van der Waals surface area contributed by atoms with Crippen molar-refractivity contribution in [3.63, 3.8) is 0 Å². The molecule has 18 heavy (non-hydrogen) atoms. The topological polar surface area (TPSA) is 78.4 Å². The third-order valence-corrected chi connectivity index (χ3v) is 3.68. The maximum Gasteiger partial charge on any atom is 0.327 e. The van der Waals surface area contributed by atoms with Gasteiger partial charge in [-0.3, -0.25) is 4.79 Å². The molecule has 1 amide bonds. The van der Waals surface area contributed by atoms with Crippen LogP contribution in [0.5, 0.6) is 0 Å². The molecule has 2 unspecified atom stereocenters. The van der Waals surface area contributed by atoms with Crippen molar-refractivity contribution in [3.8, 4) is 0 Å². The number of carbonyl (C=O) groups is 2. The molecule has 1 aliphatic carbocycles. The fourth-order valence-corrected chi connectivity index (χ4v) is 2.55. The summed E-state index contributed by atoms with van der Waals surface area (Å²) in [7, 11) is 0. The molecule has 0 aromatic heterocycles. The second-order valence-electron chi connectivity index (χ2n) is 5.19. The van der Waals surface area contributed by atoms with Crippen LogP contribution in [0.2, 0.25) is 0 Å². The highest BCUT2D eigenvalue weighted by Crippen LogP contribution is 2.26. The van der Waals surface area contributed by atoms with Gasteiger partial charge in [0.1, 0.15) is 6.04 Å². The van der Waals surface area contributed by atoms with Gasteiger partial charge in [-0.15, -0.1) is 0 Å². The summed E-state index contributed by atoms with van der Waals surface area (Å²) >= 11 is 0. The number of carbonyl (C=O) groups excluding carboxylic acids is 1. The van der Waals surface area contributed by atoms with Crippen molar-refractivity contribution in [2.24, 2.45) is 5.92 Å². The molecule has 3 N–H and O–H groups in total. The van der Waals surface area contributed by atoms with Gasteiger partial charge in [0.25, 0.3) is 0 Å². The number of carboxylic acid groups (broad SMARTS) is 1. The van der Waals surface area contributed by atoms with E-state index in [-0.39, 0.29) is 12.5 Å². The normalized spacial score (nSPS) is 20.1. The Labute approximate surface area is 108 Å². The van der Waals surface area contributed by atoms with E-state index in [0.717, 1.165) is 0 Å². The van der Waals surface area contributed by atoms with E-state index in [9.17, 15) is 9.59 Å². The van der Waals surface area contributed by atoms with Crippen LogP contribution in [0.4, 0.5) is 0 Å². The predicted octanol–water partition coefficient (Wildman–Crippen LogP) is 1.13. The molecule has 5 nitrogen and oxygen atoms in total. The molecule has 0 saturated heterocycles. The Bertz CT molecular complexity index is 288. The van der Waals surface area contributed by atoms with E-state index < -0.39 is 12.0 Å². The molecule has 0 heterocycles. The van der Waals surface area contributed by atoms with Crippen LogP contribution in [-0.4, -0.2) is 35.6 Å². The summed E-state index contributed by atoms with van der Waals surface area (Å²) in [5, 5.41) is 14.7. The molecule has 5 heteroatoms. The fraction of sp³-hybridized carbons (Fsp3) is 0.846. The number of hydrogen-bond acceptors (Lipinski definition) is 3. The summed E-state index contributed by atoms with van der Waals surface area (Å²) in [4.78, 5) is 21.9. The van der Waals surface area contributed by atoms with Crippen LogP contribution in [0.15, 0.2) is 0 Å². The lowest BCUT2D eigenvalue weighted by Gasteiger charge is -2.29. The maximum absolute atomic E-state index is 11.0. The van der Waals surface area contributed by atoms with Gasteiger partial charge in [-0.25, -0.2) is 4.79 Å². The number of amides is 1. The zero-order valence-corrected chi connectivity index (χ0v) is 11.2. The number of aliphatic carboxylic acids is 1.